The Morgan fingerprint density at radius 1 is 1.17 bits per heavy atom. The van der Waals surface area contributed by atoms with Crippen LogP contribution in [0.4, 0.5) is 4.39 Å². The van der Waals surface area contributed by atoms with Crippen LogP contribution >= 0.6 is 12.4 Å². The number of carbonyl (C=O) groups is 1. The number of carbonyl (C=O) groups excluding carboxylic acids is 1. The molecule has 0 saturated heterocycles. The van der Waals surface area contributed by atoms with Crippen molar-refractivity contribution in [2.45, 2.75) is 30.8 Å². The normalized spacial score (nSPS) is 16.1. The molecule has 3 nitrogen and oxygen atoms in total. The van der Waals surface area contributed by atoms with Crippen molar-refractivity contribution in [2.24, 2.45) is 5.73 Å². The van der Waals surface area contributed by atoms with Crippen molar-refractivity contribution in [3.05, 3.63) is 71.5 Å². The van der Waals surface area contributed by atoms with Gasteiger partial charge in [0.25, 0.3) is 0 Å². The lowest BCUT2D eigenvalue weighted by atomic mass is 10.0. The van der Waals surface area contributed by atoms with Crippen LogP contribution in [0, 0.1) is 5.82 Å². The van der Waals surface area contributed by atoms with E-state index in [0.717, 1.165) is 24.0 Å². The van der Waals surface area contributed by atoms with E-state index in [1.165, 1.54) is 12.1 Å². The minimum Gasteiger partial charge on any atom is -0.347 e. The summed E-state index contributed by atoms with van der Waals surface area (Å²) in [5.41, 5.74) is 7.44. The van der Waals surface area contributed by atoms with Gasteiger partial charge in [0, 0.05) is 12.5 Å². The predicted molar refractivity (Wildman–Crippen MR) is 90.7 cm³/mol. The fourth-order valence-electron chi connectivity index (χ4n) is 2.73. The Labute approximate surface area is 141 Å². The van der Waals surface area contributed by atoms with E-state index < -0.39 is 5.54 Å². The van der Waals surface area contributed by atoms with Gasteiger partial charge in [-0.1, -0.05) is 42.5 Å². The summed E-state index contributed by atoms with van der Waals surface area (Å²) in [7, 11) is 0. The van der Waals surface area contributed by atoms with Gasteiger partial charge < -0.3 is 11.1 Å². The van der Waals surface area contributed by atoms with Crippen LogP contribution in [0.5, 0.6) is 0 Å². The lowest BCUT2D eigenvalue weighted by Crippen LogP contribution is -2.36. The molecule has 0 spiro atoms. The average Bonchev–Trinajstić information content (AvgIpc) is 3.29. The molecule has 0 aliphatic heterocycles. The van der Waals surface area contributed by atoms with Gasteiger partial charge in [-0.2, -0.15) is 0 Å². The molecule has 0 bridgehead atoms. The summed E-state index contributed by atoms with van der Waals surface area (Å²) in [5, 5.41) is 3.03. The Morgan fingerprint density at radius 3 is 2.48 bits per heavy atom. The molecule has 0 aromatic heterocycles. The second-order valence-electron chi connectivity index (χ2n) is 5.86. The Balaban J connectivity index is 0.00000192. The Hall–Kier alpha value is -1.91. The first-order chi connectivity index (χ1) is 10.6. The minimum absolute atomic E-state index is 0. The van der Waals surface area contributed by atoms with Crippen LogP contribution in [0.1, 0.15) is 36.4 Å². The van der Waals surface area contributed by atoms with Crippen molar-refractivity contribution in [1.82, 2.24) is 5.32 Å². The second-order valence-corrected chi connectivity index (χ2v) is 5.86. The van der Waals surface area contributed by atoms with Crippen LogP contribution in [0.3, 0.4) is 0 Å². The maximum absolute atomic E-state index is 13.4. The first-order valence-corrected chi connectivity index (χ1v) is 7.47. The van der Waals surface area contributed by atoms with Gasteiger partial charge in [-0.25, -0.2) is 4.39 Å². The topological polar surface area (TPSA) is 55.1 Å². The van der Waals surface area contributed by atoms with Gasteiger partial charge in [-0.15, -0.1) is 12.4 Å². The van der Waals surface area contributed by atoms with E-state index in [1.807, 2.05) is 36.4 Å². The highest BCUT2D eigenvalue weighted by Gasteiger charge is 2.45. The number of nitrogens with two attached hydrogens (primary N) is 1. The summed E-state index contributed by atoms with van der Waals surface area (Å²) in [5.74, 6) is -0.378. The smallest absolute Gasteiger partial charge is 0.222 e. The van der Waals surface area contributed by atoms with Crippen molar-refractivity contribution < 1.29 is 9.18 Å². The summed E-state index contributed by atoms with van der Waals surface area (Å²) in [6, 6.07) is 15.7. The van der Waals surface area contributed by atoms with Gasteiger partial charge in [0.15, 0.2) is 0 Å². The van der Waals surface area contributed by atoms with Crippen LogP contribution in [0.2, 0.25) is 0 Å². The third kappa shape index (κ3) is 4.09. The fourth-order valence-corrected chi connectivity index (χ4v) is 2.73. The summed E-state index contributed by atoms with van der Waals surface area (Å²) in [6.07, 6.45) is 1.90. The number of rotatable bonds is 5. The molecule has 1 amide bonds. The monoisotopic (exact) mass is 334 g/mol. The van der Waals surface area contributed by atoms with Crippen LogP contribution in [0.25, 0.3) is 0 Å². The number of nitrogens with one attached hydrogen (secondary N) is 1. The van der Waals surface area contributed by atoms with Crippen LogP contribution < -0.4 is 11.1 Å². The molecule has 3 N–H and O–H groups in total. The maximum atomic E-state index is 13.4. The quantitative estimate of drug-likeness (QED) is 0.880. The first-order valence-electron chi connectivity index (χ1n) is 7.47. The molecule has 0 radical (unpaired) electrons. The minimum atomic E-state index is -0.407. The zero-order valence-corrected chi connectivity index (χ0v) is 13.5. The largest absolute Gasteiger partial charge is 0.347 e. The molecule has 1 saturated carbocycles. The Kier molecular flexibility index (Phi) is 5.39. The highest BCUT2D eigenvalue weighted by molar-refractivity contribution is 5.85. The predicted octanol–water partition coefficient (Wildman–Crippen LogP) is 3.44. The Morgan fingerprint density at radius 2 is 1.87 bits per heavy atom. The van der Waals surface area contributed by atoms with Crippen molar-refractivity contribution in [3.8, 4) is 0 Å². The molecule has 1 aliphatic rings. The van der Waals surface area contributed by atoms with Crippen LogP contribution in [-0.4, -0.2) is 5.91 Å². The zero-order chi connectivity index (χ0) is 15.6. The van der Waals surface area contributed by atoms with Gasteiger partial charge in [0.05, 0.1) is 5.54 Å². The van der Waals surface area contributed by atoms with Gasteiger partial charge >= 0.3 is 0 Å². The van der Waals surface area contributed by atoms with Crippen molar-refractivity contribution >= 4 is 18.3 Å². The average molecular weight is 335 g/mol. The number of halogens is 2. The standard InChI is InChI=1S/C18H19FN2O.ClH/c19-15-8-4-7-14(11-15)18(9-10-18)21-17(22)12-16(20)13-5-2-1-3-6-13;/h1-8,11,16H,9-10,12,20H2,(H,21,22);1H. The summed E-state index contributed by atoms with van der Waals surface area (Å²) >= 11 is 0. The fraction of sp³-hybridized carbons (Fsp3) is 0.278. The number of hydrogen-bond acceptors (Lipinski definition) is 2. The molecule has 3 rings (SSSR count). The second kappa shape index (κ2) is 7.11. The number of benzene rings is 2. The first kappa shape index (κ1) is 17.4. The third-order valence-electron chi connectivity index (χ3n) is 4.14. The molecule has 2 aromatic rings. The van der Waals surface area contributed by atoms with Gasteiger partial charge in [0.1, 0.15) is 5.82 Å². The highest BCUT2D eigenvalue weighted by atomic mass is 35.5. The molecule has 122 valence electrons. The highest BCUT2D eigenvalue weighted by Crippen LogP contribution is 2.45. The van der Waals surface area contributed by atoms with Crippen molar-refractivity contribution in [3.63, 3.8) is 0 Å². The molecule has 1 fully saturated rings. The van der Waals surface area contributed by atoms with Gasteiger partial charge in [0.2, 0.25) is 5.91 Å². The van der Waals surface area contributed by atoms with E-state index in [4.69, 9.17) is 5.73 Å². The number of amides is 1. The molecule has 1 atom stereocenters. The molecule has 23 heavy (non-hydrogen) atoms. The molecular weight excluding hydrogens is 315 g/mol. The number of hydrogen-bond donors (Lipinski definition) is 2. The van der Waals surface area contributed by atoms with E-state index in [1.54, 1.807) is 6.07 Å². The maximum Gasteiger partial charge on any atom is 0.222 e. The lowest BCUT2D eigenvalue weighted by Gasteiger charge is -2.20. The van der Waals surface area contributed by atoms with E-state index in [0.29, 0.717) is 0 Å². The zero-order valence-electron chi connectivity index (χ0n) is 12.7. The summed E-state index contributed by atoms with van der Waals surface area (Å²) < 4.78 is 13.4. The Bertz CT molecular complexity index is 674. The van der Waals surface area contributed by atoms with Crippen molar-refractivity contribution in [1.29, 1.82) is 0 Å². The van der Waals surface area contributed by atoms with E-state index in [2.05, 4.69) is 5.32 Å². The molecule has 1 aliphatic carbocycles. The van der Waals surface area contributed by atoms with Gasteiger partial charge in [-0.3, -0.25) is 4.79 Å². The molecule has 5 heteroatoms. The van der Waals surface area contributed by atoms with Gasteiger partial charge in [-0.05, 0) is 36.1 Å². The van der Waals surface area contributed by atoms with E-state index in [9.17, 15) is 9.18 Å². The molecular formula is C18H20ClFN2O. The van der Waals surface area contributed by atoms with Crippen LogP contribution in [0.15, 0.2) is 54.6 Å². The summed E-state index contributed by atoms with van der Waals surface area (Å²) in [6.45, 7) is 0. The lowest BCUT2D eigenvalue weighted by molar-refractivity contribution is -0.122. The van der Waals surface area contributed by atoms with Crippen LogP contribution in [-0.2, 0) is 10.3 Å². The SMILES string of the molecule is Cl.NC(CC(=O)NC1(c2cccc(F)c2)CC1)c1ccccc1. The summed E-state index contributed by atoms with van der Waals surface area (Å²) in [4.78, 5) is 12.3. The molecule has 0 heterocycles. The molecule has 1 unspecified atom stereocenters. The molecule has 2 aromatic carbocycles. The van der Waals surface area contributed by atoms with Crippen molar-refractivity contribution in [2.75, 3.05) is 0 Å². The van der Waals surface area contributed by atoms with E-state index in [-0.39, 0.29) is 36.6 Å². The van der Waals surface area contributed by atoms with E-state index >= 15 is 0 Å². The third-order valence-corrected chi connectivity index (χ3v) is 4.14.